The molecule has 1 aromatic rings. The van der Waals surface area contributed by atoms with Crippen LogP contribution in [0.3, 0.4) is 0 Å². The number of aryl methyl sites for hydroxylation is 1. The molecule has 2 rings (SSSR count). The second-order valence-electron chi connectivity index (χ2n) is 5.95. The minimum Gasteiger partial charge on any atom is -0.316 e. The number of hydrogen-bond donors (Lipinski definition) is 1. The fourth-order valence-electron chi connectivity index (χ4n) is 3.27. The van der Waals surface area contributed by atoms with Crippen LogP contribution in [-0.2, 0) is 0 Å². The van der Waals surface area contributed by atoms with E-state index in [1.807, 2.05) is 0 Å². The van der Waals surface area contributed by atoms with Gasteiger partial charge in [-0.3, -0.25) is 0 Å². The van der Waals surface area contributed by atoms with Crippen LogP contribution in [0.15, 0.2) is 12.1 Å². The molecule has 1 saturated carbocycles. The molecule has 20 heavy (non-hydrogen) atoms. The standard InChI is InChI=1S/C17H25F2N/c1-3-10-20-11-13-6-4-5-7-14(13)15-9-8-12(2)16(18)17(15)19/h8-9,13-14,20H,3-7,10-11H2,1-2H3. The number of rotatable bonds is 5. The summed E-state index contributed by atoms with van der Waals surface area (Å²) in [5, 5.41) is 3.43. The van der Waals surface area contributed by atoms with Crippen molar-refractivity contribution in [3.05, 3.63) is 34.9 Å². The van der Waals surface area contributed by atoms with Gasteiger partial charge in [0.05, 0.1) is 0 Å². The Balaban J connectivity index is 2.17. The van der Waals surface area contributed by atoms with Crippen molar-refractivity contribution in [2.24, 2.45) is 5.92 Å². The summed E-state index contributed by atoms with van der Waals surface area (Å²) in [6.45, 7) is 5.66. The predicted octanol–water partition coefficient (Wildman–Crippen LogP) is 4.55. The molecular formula is C17H25F2N. The molecule has 1 fully saturated rings. The summed E-state index contributed by atoms with van der Waals surface area (Å²) in [5.74, 6) is -0.721. The minimum absolute atomic E-state index is 0.156. The second-order valence-corrected chi connectivity index (χ2v) is 5.95. The smallest absolute Gasteiger partial charge is 0.162 e. The van der Waals surface area contributed by atoms with E-state index >= 15 is 0 Å². The zero-order valence-electron chi connectivity index (χ0n) is 12.5. The monoisotopic (exact) mass is 281 g/mol. The van der Waals surface area contributed by atoms with E-state index in [9.17, 15) is 8.78 Å². The van der Waals surface area contributed by atoms with Gasteiger partial charge < -0.3 is 5.32 Å². The Morgan fingerprint density at radius 1 is 1.15 bits per heavy atom. The van der Waals surface area contributed by atoms with Crippen molar-refractivity contribution in [3.8, 4) is 0 Å². The van der Waals surface area contributed by atoms with E-state index in [-0.39, 0.29) is 5.92 Å². The van der Waals surface area contributed by atoms with Gasteiger partial charge in [0.15, 0.2) is 11.6 Å². The number of hydrogen-bond acceptors (Lipinski definition) is 1. The molecule has 1 aromatic carbocycles. The highest BCUT2D eigenvalue weighted by molar-refractivity contribution is 5.29. The quantitative estimate of drug-likeness (QED) is 0.781. The molecular weight excluding hydrogens is 256 g/mol. The van der Waals surface area contributed by atoms with Gasteiger partial charge in [-0.15, -0.1) is 0 Å². The normalized spacial score (nSPS) is 23.0. The Bertz CT molecular complexity index is 445. The van der Waals surface area contributed by atoms with Crippen molar-refractivity contribution >= 4 is 0 Å². The van der Waals surface area contributed by atoms with Crippen molar-refractivity contribution in [1.29, 1.82) is 0 Å². The first-order valence-corrected chi connectivity index (χ1v) is 7.80. The van der Waals surface area contributed by atoms with Crippen LogP contribution in [-0.4, -0.2) is 13.1 Å². The lowest BCUT2D eigenvalue weighted by molar-refractivity contribution is 0.288. The molecule has 0 saturated heterocycles. The summed E-state index contributed by atoms with van der Waals surface area (Å²) in [5.41, 5.74) is 0.971. The molecule has 2 unspecified atom stereocenters. The zero-order valence-corrected chi connectivity index (χ0v) is 12.5. The van der Waals surface area contributed by atoms with Gasteiger partial charge in [-0.05, 0) is 62.2 Å². The van der Waals surface area contributed by atoms with Crippen molar-refractivity contribution in [1.82, 2.24) is 5.32 Å². The molecule has 0 heterocycles. The van der Waals surface area contributed by atoms with Gasteiger partial charge >= 0.3 is 0 Å². The van der Waals surface area contributed by atoms with Crippen LogP contribution >= 0.6 is 0 Å². The van der Waals surface area contributed by atoms with Gasteiger partial charge in [0.25, 0.3) is 0 Å². The Hall–Kier alpha value is -0.960. The first kappa shape index (κ1) is 15.4. The van der Waals surface area contributed by atoms with Gasteiger partial charge in [0.1, 0.15) is 0 Å². The third-order valence-corrected chi connectivity index (χ3v) is 4.45. The molecule has 0 bridgehead atoms. The second kappa shape index (κ2) is 7.16. The highest BCUT2D eigenvalue weighted by atomic mass is 19.2. The molecule has 0 aliphatic heterocycles. The minimum atomic E-state index is -0.673. The van der Waals surface area contributed by atoms with Crippen molar-refractivity contribution in [2.45, 2.75) is 51.9 Å². The first-order valence-electron chi connectivity index (χ1n) is 7.80. The van der Waals surface area contributed by atoms with Crippen molar-refractivity contribution in [2.75, 3.05) is 13.1 Å². The largest absolute Gasteiger partial charge is 0.316 e. The molecule has 1 aliphatic rings. The average molecular weight is 281 g/mol. The molecule has 2 atom stereocenters. The van der Waals surface area contributed by atoms with Crippen LogP contribution in [0.25, 0.3) is 0 Å². The summed E-state index contributed by atoms with van der Waals surface area (Å²) in [7, 11) is 0. The summed E-state index contributed by atoms with van der Waals surface area (Å²) in [4.78, 5) is 0. The Morgan fingerprint density at radius 3 is 2.65 bits per heavy atom. The highest BCUT2D eigenvalue weighted by Gasteiger charge is 2.29. The third-order valence-electron chi connectivity index (χ3n) is 4.45. The average Bonchev–Trinajstić information content (AvgIpc) is 2.46. The van der Waals surface area contributed by atoms with Crippen molar-refractivity contribution in [3.63, 3.8) is 0 Å². The van der Waals surface area contributed by atoms with Crippen LogP contribution in [0.5, 0.6) is 0 Å². The molecule has 1 aliphatic carbocycles. The van der Waals surface area contributed by atoms with Crippen molar-refractivity contribution < 1.29 is 8.78 Å². The fraction of sp³-hybridized carbons (Fsp3) is 0.647. The molecule has 0 spiro atoms. The number of benzene rings is 1. The van der Waals surface area contributed by atoms with E-state index in [2.05, 4.69) is 12.2 Å². The van der Waals surface area contributed by atoms with E-state index in [0.717, 1.165) is 38.8 Å². The Kier molecular flexibility index (Phi) is 5.53. The van der Waals surface area contributed by atoms with Crippen LogP contribution in [0, 0.1) is 24.5 Å². The molecule has 0 amide bonds. The Labute approximate surface area is 120 Å². The lowest BCUT2D eigenvalue weighted by Gasteiger charge is -2.32. The van der Waals surface area contributed by atoms with Gasteiger partial charge in [0, 0.05) is 0 Å². The van der Waals surface area contributed by atoms with E-state index in [1.54, 1.807) is 19.1 Å². The maximum Gasteiger partial charge on any atom is 0.162 e. The fourth-order valence-corrected chi connectivity index (χ4v) is 3.27. The van der Waals surface area contributed by atoms with E-state index < -0.39 is 11.6 Å². The molecule has 1 nitrogen and oxygen atoms in total. The number of nitrogens with one attached hydrogen (secondary N) is 1. The molecule has 0 radical (unpaired) electrons. The number of halogens is 2. The van der Waals surface area contributed by atoms with E-state index in [0.29, 0.717) is 17.0 Å². The Morgan fingerprint density at radius 2 is 1.90 bits per heavy atom. The van der Waals surface area contributed by atoms with Crippen LogP contribution in [0.2, 0.25) is 0 Å². The maximum atomic E-state index is 14.2. The van der Waals surface area contributed by atoms with Gasteiger partial charge in [-0.2, -0.15) is 0 Å². The summed E-state index contributed by atoms with van der Waals surface area (Å²) in [6, 6.07) is 3.50. The van der Waals surface area contributed by atoms with E-state index in [1.165, 1.54) is 6.42 Å². The molecule has 112 valence electrons. The zero-order chi connectivity index (χ0) is 14.5. The molecule has 1 N–H and O–H groups in total. The van der Waals surface area contributed by atoms with E-state index in [4.69, 9.17) is 0 Å². The lowest BCUT2D eigenvalue weighted by Crippen LogP contribution is -2.30. The van der Waals surface area contributed by atoms with Gasteiger partial charge in [-0.25, -0.2) is 8.78 Å². The molecule has 3 heteroatoms. The predicted molar refractivity (Wildman–Crippen MR) is 79.0 cm³/mol. The third kappa shape index (κ3) is 3.38. The van der Waals surface area contributed by atoms with Crippen LogP contribution in [0.1, 0.15) is 56.1 Å². The van der Waals surface area contributed by atoms with Crippen LogP contribution in [0.4, 0.5) is 8.78 Å². The molecule has 0 aromatic heterocycles. The maximum absolute atomic E-state index is 14.2. The first-order chi connectivity index (χ1) is 9.65. The highest BCUT2D eigenvalue weighted by Crippen LogP contribution is 2.39. The van der Waals surface area contributed by atoms with Gasteiger partial charge in [0.2, 0.25) is 0 Å². The summed E-state index contributed by atoms with van der Waals surface area (Å²) < 4.78 is 28.0. The summed E-state index contributed by atoms with van der Waals surface area (Å²) in [6.07, 6.45) is 5.49. The van der Waals surface area contributed by atoms with Gasteiger partial charge in [-0.1, -0.05) is 31.9 Å². The lowest BCUT2D eigenvalue weighted by atomic mass is 9.75. The van der Waals surface area contributed by atoms with Crippen LogP contribution < -0.4 is 5.32 Å². The topological polar surface area (TPSA) is 12.0 Å². The summed E-state index contributed by atoms with van der Waals surface area (Å²) >= 11 is 0. The SMILES string of the molecule is CCCNCC1CCCCC1c1ccc(C)c(F)c1F.